The zero-order valence-electron chi connectivity index (χ0n) is 13.0. The van der Waals surface area contributed by atoms with Gasteiger partial charge in [-0.05, 0) is 59.7 Å². The molecule has 0 aliphatic carbocycles. The van der Waals surface area contributed by atoms with Crippen molar-refractivity contribution in [3.05, 3.63) is 65.9 Å². The average molecular weight is 328 g/mol. The summed E-state index contributed by atoms with van der Waals surface area (Å²) in [4.78, 5) is 3.46. The van der Waals surface area contributed by atoms with Crippen LogP contribution in [-0.4, -0.2) is 19.9 Å². The number of aryl methyl sites for hydroxylation is 1. The molecule has 0 aliphatic rings. The fraction of sp³-hybridized carbons (Fsp3) is 0.222. The minimum absolute atomic E-state index is 0.316. The number of nitrogens with one attached hydrogen (secondary N) is 2. The fourth-order valence-electron chi connectivity index (χ4n) is 2.58. The summed E-state index contributed by atoms with van der Waals surface area (Å²) < 4.78 is 27.2. The molecule has 0 aliphatic heterocycles. The minimum Gasteiger partial charge on any atom is -0.361 e. The summed E-state index contributed by atoms with van der Waals surface area (Å²) in [7, 11) is -3.44. The molecule has 5 heteroatoms. The van der Waals surface area contributed by atoms with Gasteiger partial charge in [0.25, 0.3) is 0 Å². The maximum absolute atomic E-state index is 12.3. The van der Waals surface area contributed by atoms with Gasteiger partial charge in [-0.25, -0.2) is 13.1 Å². The molecule has 0 unspecified atom stereocenters. The predicted molar refractivity (Wildman–Crippen MR) is 93.0 cm³/mol. The Morgan fingerprint density at radius 3 is 2.48 bits per heavy atom. The van der Waals surface area contributed by atoms with Crippen LogP contribution in [0.2, 0.25) is 0 Å². The maximum Gasteiger partial charge on any atom is 0.240 e. The molecule has 0 atom stereocenters. The van der Waals surface area contributed by atoms with Gasteiger partial charge < -0.3 is 4.98 Å². The zero-order valence-corrected chi connectivity index (χ0v) is 13.9. The molecule has 1 heterocycles. The second-order valence-corrected chi connectivity index (χ2v) is 7.31. The van der Waals surface area contributed by atoms with Gasteiger partial charge in [-0.2, -0.15) is 0 Å². The van der Waals surface area contributed by atoms with Gasteiger partial charge in [0.15, 0.2) is 0 Å². The molecule has 0 radical (unpaired) electrons. The third-order valence-electron chi connectivity index (χ3n) is 3.97. The summed E-state index contributed by atoms with van der Waals surface area (Å²) in [6.07, 6.45) is 3.46. The summed E-state index contributed by atoms with van der Waals surface area (Å²) in [6, 6.07) is 15.2. The van der Waals surface area contributed by atoms with Crippen LogP contribution in [0.3, 0.4) is 0 Å². The molecule has 3 rings (SSSR count). The molecule has 120 valence electrons. The number of hydrogen-bond donors (Lipinski definition) is 2. The third-order valence-corrected chi connectivity index (χ3v) is 5.44. The van der Waals surface area contributed by atoms with Gasteiger partial charge in [-0.1, -0.05) is 25.1 Å². The van der Waals surface area contributed by atoms with Gasteiger partial charge in [0.1, 0.15) is 0 Å². The highest BCUT2D eigenvalue weighted by Gasteiger charge is 2.12. The van der Waals surface area contributed by atoms with Crippen molar-refractivity contribution in [3.63, 3.8) is 0 Å². The Morgan fingerprint density at radius 1 is 1.00 bits per heavy atom. The van der Waals surface area contributed by atoms with E-state index < -0.39 is 10.0 Å². The summed E-state index contributed by atoms with van der Waals surface area (Å²) in [5, 5.41) is 1.14. The Hall–Kier alpha value is -2.11. The molecule has 23 heavy (non-hydrogen) atoms. The molecule has 0 bridgehead atoms. The first-order valence-corrected chi connectivity index (χ1v) is 9.21. The lowest BCUT2D eigenvalue weighted by Gasteiger charge is -2.08. The quantitative estimate of drug-likeness (QED) is 0.729. The van der Waals surface area contributed by atoms with E-state index in [1.807, 2.05) is 43.5 Å². The molecule has 0 fully saturated rings. The molecule has 4 nitrogen and oxygen atoms in total. The van der Waals surface area contributed by atoms with Crippen molar-refractivity contribution in [1.82, 2.24) is 9.71 Å². The number of benzene rings is 2. The first-order chi connectivity index (χ1) is 11.1. The Bertz CT molecular complexity index is 896. The van der Waals surface area contributed by atoms with Crippen LogP contribution in [0.4, 0.5) is 0 Å². The van der Waals surface area contributed by atoms with Crippen molar-refractivity contribution in [1.29, 1.82) is 0 Å². The van der Waals surface area contributed by atoms with E-state index in [0.717, 1.165) is 28.5 Å². The molecular weight excluding hydrogens is 308 g/mol. The largest absolute Gasteiger partial charge is 0.361 e. The van der Waals surface area contributed by atoms with Gasteiger partial charge >= 0.3 is 0 Å². The van der Waals surface area contributed by atoms with E-state index in [1.54, 1.807) is 12.1 Å². The second-order valence-electron chi connectivity index (χ2n) is 5.54. The third kappa shape index (κ3) is 3.63. The van der Waals surface area contributed by atoms with Crippen LogP contribution in [0.25, 0.3) is 10.9 Å². The van der Waals surface area contributed by atoms with Crippen LogP contribution in [0.15, 0.2) is 59.6 Å². The minimum atomic E-state index is -3.44. The number of hydrogen-bond acceptors (Lipinski definition) is 2. The van der Waals surface area contributed by atoms with Crippen LogP contribution >= 0.6 is 0 Å². The Balaban J connectivity index is 1.64. The summed E-state index contributed by atoms with van der Waals surface area (Å²) >= 11 is 0. The van der Waals surface area contributed by atoms with E-state index in [9.17, 15) is 8.42 Å². The van der Waals surface area contributed by atoms with Crippen molar-refractivity contribution < 1.29 is 8.42 Å². The fourth-order valence-corrected chi connectivity index (χ4v) is 3.61. The lowest BCUT2D eigenvalue weighted by Crippen LogP contribution is -2.26. The van der Waals surface area contributed by atoms with Gasteiger partial charge in [-0.3, -0.25) is 0 Å². The van der Waals surface area contributed by atoms with Crippen molar-refractivity contribution in [2.45, 2.75) is 24.7 Å². The smallest absolute Gasteiger partial charge is 0.240 e. The Morgan fingerprint density at radius 2 is 1.74 bits per heavy atom. The molecular formula is C18H20N2O2S. The normalized spacial score (nSPS) is 11.9. The van der Waals surface area contributed by atoms with Crippen molar-refractivity contribution >= 4 is 20.9 Å². The highest BCUT2D eigenvalue weighted by molar-refractivity contribution is 7.89. The maximum atomic E-state index is 12.3. The van der Waals surface area contributed by atoms with Crippen molar-refractivity contribution in [2.75, 3.05) is 6.54 Å². The molecule has 0 saturated heterocycles. The molecule has 0 amide bonds. The number of sulfonamides is 1. The molecule has 0 spiro atoms. The van der Waals surface area contributed by atoms with E-state index in [2.05, 4.69) is 15.8 Å². The number of H-pyrrole nitrogens is 1. The first-order valence-electron chi connectivity index (χ1n) is 7.73. The van der Waals surface area contributed by atoms with E-state index in [0.29, 0.717) is 17.9 Å². The van der Waals surface area contributed by atoms with E-state index >= 15 is 0 Å². The summed E-state index contributed by atoms with van der Waals surface area (Å²) in [6.45, 7) is 2.43. The van der Waals surface area contributed by atoms with E-state index in [4.69, 9.17) is 0 Å². The van der Waals surface area contributed by atoms with Gasteiger partial charge in [0.05, 0.1) is 4.90 Å². The highest BCUT2D eigenvalue weighted by Crippen LogP contribution is 2.15. The van der Waals surface area contributed by atoms with Gasteiger partial charge in [0, 0.05) is 18.3 Å². The Kier molecular flexibility index (Phi) is 4.50. The lowest BCUT2D eigenvalue weighted by atomic mass is 10.1. The van der Waals surface area contributed by atoms with Crippen LogP contribution in [0.5, 0.6) is 0 Å². The number of aromatic amines is 1. The van der Waals surface area contributed by atoms with Crippen LogP contribution in [0.1, 0.15) is 18.1 Å². The second kappa shape index (κ2) is 6.56. The highest BCUT2D eigenvalue weighted by atomic mass is 32.2. The zero-order chi connectivity index (χ0) is 16.3. The van der Waals surface area contributed by atoms with E-state index in [-0.39, 0.29) is 0 Å². The molecule has 1 aromatic heterocycles. The summed E-state index contributed by atoms with van der Waals surface area (Å²) in [5.74, 6) is 0. The van der Waals surface area contributed by atoms with E-state index in [1.165, 1.54) is 0 Å². The Labute approximate surface area is 136 Å². The predicted octanol–water partition coefficient (Wildman–Crippen LogP) is 3.25. The van der Waals surface area contributed by atoms with Gasteiger partial charge in [-0.15, -0.1) is 0 Å². The van der Waals surface area contributed by atoms with Crippen LogP contribution in [0, 0.1) is 0 Å². The number of rotatable bonds is 6. The monoisotopic (exact) mass is 328 g/mol. The molecule has 3 aromatic rings. The average Bonchev–Trinajstić information content (AvgIpc) is 3.02. The van der Waals surface area contributed by atoms with Crippen LogP contribution in [-0.2, 0) is 22.9 Å². The summed E-state index contributed by atoms with van der Waals surface area (Å²) in [5.41, 5.74) is 3.33. The number of fused-ring (bicyclic) bond motifs is 1. The topological polar surface area (TPSA) is 62.0 Å². The molecule has 2 aromatic carbocycles. The SMILES string of the molecule is CCc1ccc(S(=O)(=O)NCCc2ccc3[nH]ccc3c2)cc1. The molecule has 2 N–H and O–H groups in total. The van der Waals surface area contributed by atoms with Crippen LogP contribution < -0.4 is 4.72 Å². The van der Waals surface area contributed by atoms with Gasteiger partial charge in [0.2, 0.25) is 10.0 Å². The lowest BCUT2D eigenvalue weighted by molar-refractivity contribution is 0.581. The van der Waals surface area contributed by atoms with Crippen molar-refractivity contribution in [3.8, 4) is 0 Å². The first kappa shape index (κ1) is 15.8. The molecule has 0 saturated carbocycles. The van der Waals surface area contributed by atoms with Crippen molar-refractivity contribution in [2.24, 2.45) is 0 Å². The number of aromatic nitrogens is 1. The standard InChI is InChI=1S/C18H20N2O2S/c1-2-14-3-6-17(7-4-14)23(21,22)20-12-9-15-5-8-18-16(13-15)10-11-19-18/h3-8,10-11,13,19-20H,2,9,12H2,1H3.